The van der Waals surface area contributed by atoms with E-state index in [1.165, 1.54) is 6.42 Å². The first-order valence-electron chi connectivity index (χ1n) is 8.53. The van der Waals surface area contributed by atoms with Gasteiger partial charge in [-0.3, -0.25) is 14.6 Å². The lowest BCUT2D eigenvalue weighted by atomic mass is 10.0. The standard InChI is InChI=1S/C16H33N7.HI/c1-7-23(8-2)14(9-13(3)4)10-18-16(17-5)19-11-15-20-12-21-22(15)6;/h12-14H,7-11H2,1-6H3,(H2,17,18,19);1H. The van der Waals surface area contributed by atoms with Crippen molar-refractivity contribution in [2.24, 2.45) is 18.0 Å². The molecule has 0 saturated carbocycles. The topological polar surface area (TPSA) is 70.4 Å². The minimum atomic E-state index is 0. The first kappa shape index (κ1) is 23.1. The van der Waals surface area contributed by atoms with Crippen molar-refractivity contribution in [3.63, 3.8) is 0 Å². The van der Waals surface area contributed by atoms with Gasteiger partial charge in [-0.1, -0.05) is 27.7 Å². The summed E-state index contributed by atoms with van der Waals surface area (Å²) in [5, 5.41) is 10.8. The number of aliphatic imine (C=N–C) groups is 1. The van der Waals surface area contributed by atoms with Crippen molar-refractivity contribution in [1.82, 2.24) is 30.3 Å². The summed E-state index contributed by atoms with van der Waals surface area (Å²) in [6.07, 6.45) is 2.74. The normalized spacial score (nSPS) is 13.1. The molecule has 1 rings (SSSR count). The van der Waals surface area contributed by atoms with E-state index in [1.807, 2.05) is 7.05 Å². The molecular weight excluding hydrogens is 417 g/mol. The molecule has 7 nitrogen and oxygen atoms in total. The molecule has 0 bridgehead atoms. The van der Waals surface area contributed by atoms with E-state index >= 15 is 0 Å². The van der Waals surface area contributed by atoms with E-state index in [4.69, 9.17) is 0 Å². The van der Waals surface area contributed by atoms with Gasteiger partial charge in [0.25, 0.3) is 0 Å². The summed E-state index contributed by atoms with van der Waals surface area (Å²) in [6, 6.07) is 0.512. The molecule has 0 aliphatic carbocycles. The molecule has 1 unspecified atom stereocenters. The second kappa shape index (κ2) is 12.5. The quantitative estimate of drug-likeness (QED) is 0.341. The van der Waals surface area contributed by atoms with Crippen LogP contribution in [0.1, 0.15) is 39.9 Å². The minimum absolute atomic E-state index is 0. The van der Waals surface area contributed by atoms with Crippen LogP contribution in [-0.4, -0.2) is 58.3 Å². The van der Waals surface area contributed by atoms with Crippen molar-refractivity contribution in [3.8, 4) is 0 Å². The van der Waals surface area contributed by atoms with Gasteiger partial charge in [-0.15, -0.1) is 24.0 Å². The Balaban J connectivity index is 0.00000529. The SMILES string of the molecule is CCN(CC)C(CNC(=NC)NCc1ncnn1C)CC(C)C.I. The monoisotopic (exact) mass is 451 g/mol. The van der Waals surface area contributed by atoms with E-state index in [9.17, 15) is 0 Å². The molecule has 1 heterocycles. The van der Waals surface area contributed by atoms with Crippen LogP contribution in [0.15, 0.2) is 11.3 Å². The summed E-state index contributed by atoms with van der Waals surface area (Å²) in [6.45, 7) is 12.6. The summed E-state index contributed by atoms with van der Waals surface area (Å²) in [5.74, 6) is 2.36. The predicted octanol–water partition coefficient (Wildman–Crippen LogP) is 1.85. The zero-order valence-electron chi connectivity index (χ0n) is 15.9. The maximum absolute atomic E-state index is 4.30. The summed E-state index contributed by atoms with van der Waals surface area (Å²) in [4.78, 5) is 11.0. The Kier molecular flexibility index (Phi) is 12.0. The van der Waals surface area contributed by atoms with Crippen molar-refractivity contribution in [1.29, 1.82) is 0 Å². The molecule has 0 fully saturated rings. The van der Waals surface area contributed by atoms with Crippen LogP contribution in [0.3, 0.4) is 0 Å². The fraction of sp³-hybridized carbons (Fsp3) is 0.812. The highest BCUT2D eigenvalue weighted by Crippen LogP contribution is 2.10. The van der Waals surface area contributed by atoms with Gasteiger partial charge in [-0.2, -0.15) is 5.10 Å². The summed E-state index contributed by atoms with van der Waals surface area (Å²) < 4.78 is 1.76. The van der Waals surface area contributed by atoms with Gasteiger partial charge in [0.2, 0.25) is 0 Å². The largest absolute Gasteiger partial charge is 0.355 e. The molecule has 2 N–H and O–H groups in total. The molecule has 1 aromatic rings. The van der Waals surface area contributed by atoms with Crippen LogP contribution in [-0.2, 0) is 13.6 Å². The molecule has 1 aromatic heterocycles. The van der Waals surface area contributed by atoms with Gasteiger partial charge in [0.15, 0.2) is 5.96 Å². The Hall–Kier alpha value is -0.900. The fourth-order valence-electron chi connectivity index (χ4n) is 2.72. The van der Waals surface area contributed by atoms with Crippen molar-refractivity contribution in [2.45, 2.75) is 46.7 Å². The van der Waals surface area contributed by atoms with Crippen LogP contribution in [0.2, 0.25) is 0 Å². The Morgan fingerprint density at radius 1 is 1.29 bits per heavy atom. The number of guanidine groups is 1. The number of aromatic nitrogens is 3. The van der Waals surface area contributed by atoms with Crippen molar-refractivity contribution in [3.05, 3.63) is 12.2 Å². The second-order valence-corrected chi connectivity index (χ2v) is 6.11. The second-order valence-electron chi connectivity index (χ2n) is 6.11. The van der Waals surface area contributed by atoms with Crippen LogP contribution < -0.4 is 10.6 Å². The van der Waals surface area contributed by atoms with Crippen LogP contribution in [0.4, 0.5) is 0 Å². The maximum Gasteiger partial charge on any atom is 0.191 e. The molecule has 0 radical (unpaired) electrons. The van der Waals surface area contributed by atoms with Crippen LogP contribution in [0.25, 0.3) is 0 Å². The maximum atomic E-state index is 4.30. The number of rotatable bonds is 9. The minimum Gasteiger partial charge on any atom is -0.355 e. The van der Waals surface area contributed by atoms with Gasteiger partial charge < -0.3 is 10.6 Å². The number of nitrogens with zero attached hydrogens (tertiary/aromatic N) is 5. The van der Waals surface area contributed by atoms with Crippen molar-refractivity contribution >= 4 is 29.9 Å². The van der Waals surface area contributed by atoms with Crippen molar-refractivity contribution in [2.75, 3.05) is 26.7 Å². The van der Waals surface area contributed by atoms with Crippen LogP contribution in [0.5, 0.6) is 0 Å². The summed E-state index contributed by atoms with van der Waals surface area (Å²) >= 11 is 0. The molecule has 0 aromatic carbocycles. The van der Waals surface area contributed by atoms with Crippen LogP contribution >= 0.6 is 24.0 Å². The zero-order valence-corrected chi connectivity index (χ0v) is 18.2. The highest BCUT2D eigenvalue weighted by atomic mass is 127. The third kappa shape index (κ3) is 7.78. The number of hydrogen-bond acceptors (Lipinski definition) is 4. The Labute approximate surface area is 163 Å². The highest BCUT2D eigenvalue weighted by Gasteiger charge is 2.17. The number of nitrogens with one attached hydrogen (secondary N) is 2. The third-order valence-corrected chi connectivity index (χ3v) is 4.02. The van der Waals surface area contributed by atoms with E-state index in [0.717, 1.165) is 31.4 Å². The number of halogens is 1. The Morgan fingerprint density at radius 3 is 2.42 bits per heavy atom. The van der Waals surface area contributed by atoms with E-state index in [-0.39, 0.29) is 24.0 Å². The number of likely N-dealkylation sites (N-methyl/N-ethyl adjacent to an activating group) is 1. The smallest absolute Gasteiger partial charge is 0.191 e. The van der Waals surface area contributed by atoms with Gasteiger partial charge >= 0.3 is 0 Å². The van der Waals surface area contributed by atoms with Gasteiger partial charge in [0, 0.05) is 26.7 Å². The number of hydrogen-bond donors (Lipinski definition) is 2. The summed E-state index contributed by atoms with van der Waals surface area (Å²) in [5.41, 5.74) is 0. The fourth-order valence-corrected chi connectivity index (χ4v) is 2.72. The van der Waals surface area contributed by atoms with Gasteiger partial charge in [0.1, 0.15) is 12.2 Å². The van der Waals surface area contributed by atoms with Gasteiger partial charge in [0.05, 0.1) is 6.54 Å². The molecule has 0 saturated heterocycles. The molecule has 140 valence electrons. The lowest BCUT2D eigenvalue weighted by Crippen LogP contribution is -2.47. The van der Waals surface area contributed by atoms with Gasteiger partial charge in [-0.05, 0) is 25.4 Å². The molecular formula is C16H34IN7. The third-order valence-electron chi connectivity index (χ3n) is 4.02. The molecule has 0 aliphatic rings. The van der Waals surface area contributed by atoms with E-state index in [1.54, 1.807) is 18.1 Å². The lowest BCUT2D eigenvalue weighted by Gasteiger charge is -2.31. The van der Waals surface area contributed by atoms with Crippen molar-refractivity contribution < 1.29 is 0 Å². The first-order valence-corrected chi connectivity index (χ1v) is 8.53. The molecule has 0 spiro atoms. The van der Waals surface area contributed by atoms with E-state index in [2.05, 4.69) is 58.3 Å². The molecule has 24 heavy (non-hydrogen) atoms. The van der Waals surface area contributed by atoms with Gasteiger partial charge in [-0.25, -0.2) is 4.98 Å². The highest BCUT2D eigenvalue weighted by molar-refractivity contribution is 14.0. The molecule has 0 amide bonds. The molecule has 0 aliphatic heterocycles. The predicted molar refractivity (Wildman–Crippen MR) is 111 cm³/mol. The molecule has 8 heteroatoms. The first-order chi connectivity index (χ1) is 11.0. The summed E-state index contributed by atoms with van der Waals surface area (Å²) in [7, 11) is 3.68. The Morgan fingerprint density at radius 2 is 1.96 bits per heavy atom. The average molecular weight is 451 g/mol. The molecule has 1 atom stereocenters. The van der Waals surface area contributed by atoms with Crippen LogP contribution in [0, 0.1) is 5.92 Å². The lowest BCUT2D eigenvalue weighted by molar-refractivity contribution is 0.191. The van der Waals surface area contributed by atoms with E-state index in [0.29, 0.717) is 18.5 Å². The van der Waals surface area contributed by atoms with E-state index < -0.39 is 0 Å². The zero-order chi connectivity index (χ0) is 17.2. The Bertz CT molecular complexity index is 469. The average Bonchev–Trinajstić information content (AvgIpc) is 2.93. The number of aryl methyl sites for hydroxylation is 1.